The molecule has 0 atom stereocenters. The van der Waals surface area contributed by atoms with Crippen molar-refractivity contribution >= 4 is 11.8 Å². The van der Waals surface area contributed by atoms with Crippen molar-refractivity contribution in [2.75, 3.05) is 26.8 Å². The minimum absolute atomic E-state index is 0.0709. The monoisotopic (exact) mass is 296 g/mol. The molecule has 0 radical (unpaired) electrons. The molecule has 0 saturated carbocycles. The highest BCUT2D eigenvalue weighted by Gasteiger charge is 2.21. The molecule has 0 unspecified atom stereocenters. The van der Waals surface area contributed by atoms with Gasteiger partial charge in [-0.3, -0.25) is 14.3 Å². The maximum absolute atomic E-state index is 12.1. The third kappa shape index (κ3) is 5.18. The van der Waals surface area contributed by atoms with E-state index in [0.29, 0.717) is 18.8 Å². The van der Waals surface area contributed by atoms with E-state index in [1.54, 1.807) is 20.2 Å². The molecular formula is C14H24N4O3. The van der Waals surface area contributed by atoms with Crippen molar-refractivity contribution in [3.8, 4) is 0 Å². The predicted octanol–water partition coefficient (Wildman–Crippen LogP) is 0.210. The summed E-state index contributed by atoms with van der Waals surface area (Å²) in [5, 5.41) is 9.54. The van der Waals surface area contributed by atoms with Crippen LogP contribution in [0.15, 0.2) is 6.07 Å². The summed E-state index contributed by atoms with van der Waals surface area (Å²) >= 11 is 0. The summed E-state index contributed by atoms with van der Waals surface area (Å²) in [6.45, 7) is 6.88. The Morgan fingerprint density at radius 2 is 2.00 bits per heavy atom. The van der Waals surface area contributed by atoms with Crippen LogP contribution in [-0.4, -0.2) is 48.4 Å². The number of nitrogens with zero attached hydrogens (tertiary/aromatic N) is 2. The van der Waals surface area contributed by atoms with Crippen molar-refractivity contribution in [1.29, 1.82) is 0 Å². The van der Waals surface area contributed by atoms with Crippen molar-refractivity contribution in [3.05, 3.63) is 17.5 Å². The number of hydrogen-bond donors (Lipinski definition) is 2. The van der Waals surface area contributed by atoms with Gasteiger partial charge in [0.25, 0.3) is 5.91 Å². The molecule has 0 aromatic carbocycles. The van der Waals surface area contributed by atoms with Gasteiger partial charge in [-0.25, -0.2) is 0 Å². The van der Waals surface area contributed by atoms with E-state index in [9.17, 15) is 9.59 Å². The van der Waals surface area contributed by atoms with Gasteiger partial charge in [-0.1, -0.05) is 20.8 Å². The summed E-state index contributed by atoms with van der Waals surface area (Å²) in [5.41, 5.74) is 1.14. The topological polar surface area (TPSA) is 85.2 Å². The van der Waals surface area contributed by atoms with Gasteiger partial charge in [0, 0.05) is 26.1 Å². The lowest BCUT2D eigenvalue weighted by Gasteiger charge is -2.13. The molecule has 7 heteroatoms. The van der Waals surface area contributed by atoms with E-state index in [0.717, 1.165) is 5.69 Å². The molecule has 21 heavy (non-hydrogen) atoms. The van der Waals surface area contributed by atoms with E-state index >= 15 is 0 Å². The van der Waals surface area contributed by atoms with Crippen LogP contribution in [0.4, 0.5) is 0 Å². The smallest absolute Gasteiger partial charge is 0.269 e. The zero-order chi connectivity index (χ0) is 16.0. The molecule has 0 bridgehead atoms. The minimum Gasteiger partial charge on any atom is -0.383 e. The first-order valence-corrected chi connectivity index (χ1v) is 6.84. The van der Waals surface area contributed by atoms with Gasteiger partial charge in [0.05, 0.1) is 18.8 Å². The van der Waals surface area contributed by atoms with Crippen LogP contribution in [0.2, 0.25) is 0 Å². The van der Waals surface area contributed by atoms with Crippen LogP contribution in [0.5, 0.6) is 0 Å². The summed E-state index contributed by atoms with van der Waals surface area (Å²) in [7, 11) is 3.27. The van der Waals surface area contributed by atoms with Crippen molar-refractivity contribution in [1.82, 2.24) is 20.4 Å². The van der Waals surface area contributed by atoms with Gasteiger partial charge < -0.3 is 15.4 Å². The van der Waals surface area contributed by atoms with E-state index in [-0.39, 0.29) is 23.8 Å². The lowest BCUT2D eigenvalue weighted by atomic mass is 9.92. The zero-order valence-electron chi connectivity index (χ0n) is 13.3. The molecule has 1 aromatic heterocycles. The highest BCUT2D eigenvalue weighted by atomic mass is 16.5. The lowest BCUT2D eigenvalue weighted by Crippen LogP contribution is -2.38. The number of carbonyl (C=O) groups excluding carboxylic acids is 2. The normalized spacial score (nSPS) is 11.3. The molecule has 0 aliphatic heterocycles. The number of carbonyl (C=O) groups is 2. The SMILES string of the molecule is COCCNC(=O)CNC(=O)c1cc(C(C)(C)C)nn1C. The van der Waals surface area contributed by atoms with Crippen LogP contribution < -0.4 is 10.6 Å². The van der Waals surface area contributed by atoms with Gasteiger partial charge in [0.15, 0.2) is 0 Å². The van der Waals surface area contributed by atoms with Gasteiger partial charge >= 0.3 is 0 Å². The fourth-order valence-corrected chi connectivity index (χ4v) is 1.65. The second-order valence-electron chi connectivity index (χ2n) is 5.81. The van der Waals surface area contributed by atoms with E-state index in [2.05, 4.69) is 15.7 Å². The summed E-state index contributed by atoms with van der Waals surface area (Å²) in [6, 6.07) is 1.75. The maximum Gasteiger partial charge on any atom is 0.269 e. The Morgan fingerprint density at radius 3 is 2.52 bits per heavy atom. The van der Waals surface area contributed by atoms with Gasteiger partial charge in [-0.05, 0) is 6.07 Å². The molecule has 0 fully saturated rings. The number of hydrogen-bond acceptors (Lipinski definition) is 4. The fraction of sp³-hybridized carbons (Fsp3) is 0.643. The van der Waals surface area contributed by atoms with E-state index in [1.165, 1.54) is 4.68 Å². The van der Waals surface area contributed by atoms with Crippen LogP contribution in [0.3, 0.4) is 0 Å². The minimum atomic E-state index is -0.317. The summed E-state index contributed by atoms with van der Waals surface area (Å²) in [6.07, 6.45) is 0. The average molecular weight is 296 g/mol. The van der Waals surface area contributed by atoms with Gasteiger partial charge in [0.2, 0.25) is 5.91 Å². The molecule has 2 N–H and O–H groups in total. The molecule has 0 aliphatic rings. The molecular weight excluding hydrogens is 272 g/mol. The van der Waals surface area contributed by atoms with Gasteiger partial charge in [-0.15, -0.1) is 0 Å². The standard InChI is InChI=1S/C14H24N4O3/c1-14(2,3)11-8-10(18(4)17-11)13(20)16-9-12(19)15-6-7-21-5/h8H,6-7,9H2,1-5H3,(H,15,19)(H,16,20). The number of aryl methyl sites for hydroxylation is 1. The number of aromatic nitrogens is 2. The zero-order valence-corrected chi connectivity index (χ0v) is 13.3. The second kappa shape index (κ2) is 7.21. The molecule has 118 valence electrons. The highest BCUT2D eigenvalue weighted by Crippen LogP contribution is 2.21. The Hall–Kier alpha value is -1.89. The molecule has 0 saturated heterocycles. The molecule has 0 spiro atoms. The van der Waals surface area contributed by atoms with Crippen LogP contribution in [0, 0.1) is 0 Å². The summed E-state index contributed by atoms with van der Waals surface area (Å²) in [4.78, 5) is 23.6. The quantitative estimate of drug-likeness (QED) is 0.735. The van der Waals surface area contributed by atoms with E-state index in [4.69, 9.17) is 4.74 Å². The average Bonchev–Trinajstić information content (AvgIpc) is 2.78. The molecule has 1 aromatic rings. The Balaban J connectivity index is 2.56. The van der Waals surface area contributed by atoms with Crippen LogP contribution in [-0.2, 0) is 22.0 Å². The lowest BCUT2D eigenvalue weighted by molar-refractivity contribution is -0.120. The number of amides is 2. The van der Waals surface area contributed by atoms with Gasteiger partial charge in [0.1, 0.15) is 5.69 Å². The van der Waals surface area contributed by atoms with Crippen LogP contribution >= 0.6 is 0 Å². The molecule has 0 aliphatic carbocycles. The van der Waals surface area contributed by atoms with Crippen molar-refractivity contribution in [2.45, 2.75) is 26.2 Å². The molecule has 7 nitrogen and oxygen atoms in total. The highest BCUT2D eigenvalue weighted by molar-refractivity contribution is 5.95. The number of ether oxygens (including phenoxy) is 1. The fourth-order valence-electron chi connectivity index (χ4n) is 1.65. The van der Waals surface area contributed by atoms with Crippen molar-refractivity contribution in [3.63, 3.8) is 0 Å². The Labute approximate surface area is 125 Å². The third-order valence-electron chi connectivity index (χ3n) is 2.92. The molecule has 2 amide bonds. The predicted molar refractivity (Wildman–Crippen MR) is 79.1 cm³/mol. The third-order valence-corrected chi connectivity index (χ3v) is 2.92. The van der Waals surface area contributed by atoms with E-state index in [1.807, 2.05) is 20.8 Å². The van der Waals surface area contributed by atoms with Gasteiger partial charge in [-0.2, -0.15) is 5.10 Å². The molecule has 1 rings (SSSR count). The number of rotatable bonds is 6. The number of nitrogens with one attached hydrogen (secondary N) is 2. The Bertz CT molecular complexity index is 503. The summed E-state index contributed by atoms with van der Waals surface area (Å²) < 4.78 is 6.35. The first kappa shape index (κ1) is 17.2. The Morgan fingerprint density at radius 1 is 1.33 bits per heavy atom. The maximum atomic E-state index is 12.1. The van der Waals surface area contributed by atoms with Crippen molar-refractivity contribution in [2.24, 2.45) is 7.05 Å². The first-order valence-electron chi connectivity index (χ1n) is 6.84. The molecule has 1 heterocycles. The van der Waals surface area contributed by atoms with Crippen LogP contribution in [0.25, 0.3) is 0 Å². The largest absolute Gasteiger partial charge is 0.383 e. The second-order valence-corrected chi connectivity index (χ2v) is 5.81. The Kier molecular flexibility index (Phi) is 5.90. The van der Waals surface area contributed by atoms with Crippen LogP contribution in [0.1, 0.15) is 37.0 Å². The van der Waals surface area contributed by atoms with Crippen molar-refractivity contribution < 1.29 is 14.3 Å². The number of methoxy groups -OCH3 is 1. The first-order chi connectivity index (χ1) is 9.75. The van der Waals surface area contributed by atoms with E-state index < -0.39 is 0 Å². The summed E-state index contributed by atoms with van der Waals surface area (Å²) in [5.74, 6) is -0.569.